The Kier molecular flexibility index (Phi) is 6.71. The van der Waals surface area contributed by atoms with Gasteiger partial charge in [-0.15, -0.1) is 0 Å². The van der Waals surface area contributed by atoms with Gasteiger partial charge in [0, 0.05) is 45.2 Å². The van der Waals surface area contributed by atoms with Crippen molar-refractivity contribution in [3.8, 4) is 5.75 Å². The summed E-state index contributed by atoms with van der Waals surface area (Å²) in [5.41, 5.74) is 1.14. The quantitative estimate of drug-likeness (QED) is 0.373. The first kappa shape index (κ1) is 20.5. The number of aromatic nitrogens is 3. The number of hydrogen-bond acceptors (Lipinski definition) is 4. The summed E-state index contributed by atoms with van der Waals surface area (Å²) in [7, 11) is 1.76. The first-order valence-corrected chi connectivity index (χ1v) is 11.1. The van der Waals surface area contributed by atoms with Crippen molar-refractivity contribution >= 4 is 5.96 Å². The third-order valence-corrected chi connectivity index (χ3v) is 5.68. The van der Waals surface area contributed by atoms with Crippen LogP contribution in [0.3, 0.4) is 0 Å². The lowest BCUT2D eigenvalue weighted by Crippen LogP contribution is -2.38. The van der Waals surface area contributed by atoms with Crippen molar-refractivity contribution in [2.24, 2.45) is 10.9 Å². The Balaban J connectivity index is 1.22. The smallest absolute Gasteiger partial charge is 0.345 e. The molecule has 0 unspecified atom stereocenters. The lowest BCUT2D eigenvalue weighted by atomic mass is 10.2. The Morgan fingerprint density at radius 2 is 2.13 bits per heavy atom. The average molecular weight is 413 g/mol. The second-order valence-corrected chi connectivity index (χ2v) is 8.10. The van der Waals surface area contributed by atoms with E-state index in [9.17, 15) is 4.79 Å². The van der Waals surface area contributed by atoms with Gasteiger partial charge in [0.1, 0.15) is 11.6 Å². The highest BCUT2D eigenvalue weighted by Gasteiger charge is 2.22. The van der Waals surface area contributed by atoms with E-state index in [0.717, 1.165) is 67.8 Å². The van der Waals surface area contributed by atoms with E-state index >= 15 is 0 Å². The normalized spacial score (nSPS) is 16.2. The van der Waals surface area contributed by atoms with Gasteiger partial charge in [0.25, 0.3) is 0 Å². The molecule has 1 aliphatic carbocycles. The highest BCUT2D eigenvalue weighted by Crippen LogP contribution is 2.30. The number of aliphatic imine (C=N–C) groups is 1. The summed E-state index contributed by atoms with van der Waals surface area (Å²) in [6.07, 6.45) is 6.46. The van der Waals surface area contributed by atoms with E-state index in [2.05, 4.69) is 26.8 Å². The molecule has 162 valence electrons. The molecule has 8 nitrogen and oxygen atoms in total. The minimum absolute atomic E-state index is 0.0232. The van der Waals surface area contributed by atoms with Gasteiger partial charge in [-0.2, -0.15) is 5.10 Å². The number of benzene rings is 1. The minimum Gasteiger partial charge on any atom is -0.493 e. The van der Waals surface area contributed by atoms with Crippen molar-refractivity contribution in [3.05, 3.63) is 46.1 Å². The fraction of sp³-hybridized carbons (Fsp3) is 0.591. The zero-order valence-corrected chi connectivity index (χ0v) is 17.8. The molecule has 2 aliphatic rings. The second-order valence-electron chi connectivity index (χ2n) is 8.10. The molecular weight excluding hydrogens is 380 g/mol. The van der Waals surface area contributed by atoms with Gasteiger partial charge in [-0.1, -0.05) is 18.2 Å². The highest BCUT2D eigenvalue weighted by atomic mass is 16.5. The Morgan fingerprint density at radius 1 is 1.27 bits per heavy atom. The molecule has 0 bridgehead atoms. The summed E-state index contributed by atoms with van der Waals surface area (Å²) in [6, 6.07) is 8.14. The summed E-state index contributed by atoms with van der Waals surface area (Å²) in [6.45, 7) is 3.58. The number of ether oxygens (including phenoxy) is 1. The number of nitrogens with zero attached hydrogens (tertiary/aromatic N) is 4. The molecule has 0 spiro atoms. The molecule has 0 saturated heterocycles. The predicted octanol–water partition coefficient (Wildman–Crippen LogP) is 1.93. The number of rotatable bonds is 9. The third kappa shape index (κ3) is 5.23. The van der Waals surface area contributed by atoms with E-state index in [4.69, 9.17) is 4.74 Å². The number of nitrogens with one attached hydrogen (secondary N) is 2. The van der Waals surface area contributed by atoms with Crippen molar-refractivity contribution in [3.63, 3.8) is 0 Å². The minimum atomic E-state index is 0.0232. The summed E-state index contributed by atoms with van der Waals surface area (Å²) >= 11 is 0. The standard InChI is InChI=1S/C22H32N6O2/c1-23-21(25-15-18-7-2-3-8-19(18)30-16-17-10-11-17)24-12-6-14-28-22(29)27-13-5-4-9-20(27)26-28/h2-3,7-8,17H,4-6,9-16H2,1H3,(H2,23,24,25). The van der Waals surface area contributed by atoms with Gasteiger partial charge in [0.2, 0.25) is 0 Å². The maximum Gasteiger partial charge on any atom is 0.345 e. The Bertz CT molecular complexity index is 928. The molecule has 0 radical (unpaired) electrons. The number of aryl methyl sites for hydroxylation is 2. The maximum atomic E-state index is 12.4. The molecule has 0 atom stereocenters. The monoisotopic (exact) mass is 412 g/mol. The van der Waals surface area contributed by atoms with Gasteiger partial charge in [0.15, 0.2) is 5.96 Å². The van der Waals surface area contributed by atoms with Crippen LogP contribution in [-0.4, -0.2) is 40.5 Å². The van der Waals surface area contributed by atoms with Crippen LogP contribution in [-0.2, 0) is 26.1 Å². The van der Waals surface area contributed by atoms with Crippen LogP contribution in [0.5, 0.6) is 5.75 Å². The summed E-state index contributed by atoms with van der Waals surface area (Å²) in [5, 5.41) is 11.2. The van der Waals surface area contributed by atoms with E-state index in [1.165, 1.54) is 12.8 Å². The van der Waals surface area contributed by atoms with Crippen LogP contribution in [0.25, 0.3) is 0 Å². The molecule has 1 aromatic carbocycles. The van der Waals surface area contributed by atoms with Crippen LogP contribution < -0.4 is 21.1 Å². The van der Waals surface area contributed by atoms with Crippen molar-refractivity contribution in [2.45, 2.75) is 58.2 Å². The molecule has 2 N–H and O–H groups in total. The SMILES string of the molecule is CN=C(NCCCn1nc2n(c1=O)CCCC2)NCc1ccccc1OCC1CC1. The number of guanidine groups is 1. The summed E-state index contributed by atoms with van der Waals surface area (Å²) in [4.78, 5) is 16.7. The molecule has 30 heavy (non-hydrogen) atoms. The van der Waals surface area contributed by atoms with Gasteiger partial charge < -0.3 is 15.4 Å². The molecule has 0 amide bonds. The lowest BCUT2D eigenvalue weighted by Gasteiger charge is -2.14. The maximum absolute atomic E-state index is 12.4. The van der Waals surface area contributed by atoms with Crippen molar-refractivity contribution in [2.75, 3.05) is 20.2 Å². The molecule has 8 heteroatoms. The highest BCUT2D eigenvalue weighted by molar-refractivity contribution is 5.79. The fourth-order valence-electron chi connectivity index (χ4n) is 3.71. The summed E-state index contributed by atoms with van der Waals surface area (Å²) < 4.78 is 9.40. The average Bonchev–Trinajstić information content (AvgIpc) is 3.56. The van der Waals surface area contributed by atoms with E-state index < -0.39 is 0 Å². The second kappa shape index (κ2) is 9.82. The van der Waals surface area contributed by atoms with Crippen LogP contribution in [0.4, 0.5) is 0 Å². The topological polar surface area (TPSA) is 85.5 Å². The first-order valence-electron chi connectivity index (χ1n) is 11.1. The van der Waals surface area contributed by atoms with Crippen LogP contribution in [0.2, 0.25) is 0 Å². The van der Waals surface area contributed by atoms with E-state index in [1.807, 2.05) is 22.8 Å². The Labute approximate surface area is 177 Å². The molecule has 1 aromatic heterocycles. The molecule has 2 heterocycles. The largest absolute Gasteiger partial charge is 0.493 e. The third-order valence-electron chi connectivity index (χ3n) is 5.68. The molecule has 1 saturated carbocycles. The van der Waals surface area contributed by atoms with E-state index in [-0.39, 0.29) is 5.69 Å². The zero-order valence-electron chi connectivity index (χ0n) is 17.8. The number of hydrogen-bond donors (Lipinski definition) is 2. The lowest BCUT2D eigenvalue weighted by molar-refractivity contribution is 0.296. The first-order chi connectivity index (χ1) is 14.7. The molecule has 1 fully saturated rings. The molecule has 1 aliphatic heterocycles. The van der Waals surface area contributed by atoms with Crippen molar-refractivity contribution < 1.29 is 4.74 Å². The number of para-hydroxylation sites is 1. The van der Waals surface area contributed by atoms with Gasteiger partial charge in [0.05, 0.1) is 6.61 Å². The Hall–Kier alpha value is -2.77. The molecule has 4 rings (SSSR count). The predicted molar refractivity (Wildman–Crippen MR) is 117 cm³/mol. The van der Waals surface area contributed by atoms with Crippen LogP contribution >= 0.6 is 0 Å². The van der Waals surface area contributed by atoms with Crippen LogP contribution in [0, 0.1) is 5.92 Å². The fourth-order valence-corrected chi connectivity index (χ4v) is 3.71. The zero-order chi connectivity index (χ0) is 20.8. The van der Waals surface area contributed by atoms with Gasteiger partial charge >= 0.3 is 5.69 Å². The van der Waals surface area contributed by atoms with Gasteiger partial charge in [-0.05, 0) is 44.1 Å². The van der Waals surface area contributed by atoms with Crippen LogP contribution in [0.1, 0.15) is 43.5 Å². The van der Waals surface area contributed by atoms with Crippen molar-refractivity contribution in [1.82, 2.24) is 25.0 Å². The van der Waals surface area contributed by atoms with E-state index in [1.54, 1.807) is 11.7 Å². The van der Waals surface area contributed by atoms with Crippen molar-refractivity contribution in [1.29, 1.82) is 0 Å². The summed E-state index contributed by atoms with van der Waals surface area (Å²) in [5.74, 6) is 3.34. The number of fused-ring (bicyclic) bond motifs is 1. The van der Waals surface area contributed by atoms with Gasteiger partial charge in [-0.3, -0.25) is 9.56 Å². The van der Waals surface area contributed by atoms with Crippen LogP contribution in [0.15, 0.2) is 34.1 Å². The van der Waals surface area contributed by atoms with E-state index in [0.29, 0.717) is 19.6 Å². The molecular formula is C22H32N6O2. The Morgan fingerprint density at radius 3 is 2.93 bits per heavy atom. The van der Waals surface area contributed by atoms with Gasteiger partial charge in [-0.25, -0.2) is 9.48 Å². The molecule has 2 aromatic rings.